The molecule has 7 heteroatoms. The summed E-state index contributed by atoms with van der Waals surface area (Å²) >= 11 is 5.79. The van der Waals surface area contributed by atoms with Crippen molar-refractivity contribution in [3.05, 3.63) is 34.9 Å². The number of benzene rings is 1. The number of ketones is 1. The van der Waals surface area contributed by atoms with Gasteiger partial charge in [-0.25, -0.2) is 0 Å². The Hall–Kier alpha value is -1.92. The number of Topliss-reactive ketones (excluding diaryl/α,β-unsaturated/α-hetero) is 1. The maximum absolute atomic E-state index is 12.4. The number of aliphatic hydroxyl groups excluding tert-OH is 1. The molecule has 1 rings (SSSR count). The van der Waals surface area contributed by atoms with Gasteiger partial charge in [-0.2, -0.15) is 0 Å². The van der Waals surface area contributed by atoms with Crippen LogP contribution in [0.2, 0.25) is 5.02 Å². The Balaban J connectivity index is 2.66. The summed E-state index contributed by atoms with van der Waals surface area (Å²) in [7, 11) is 1.28. The van der Waals surface area contributed by atoms with Crippen LogP contribution in [0.3, 0.4) is 0 Å². The number of methoxy groups -OCH3 is 1. The van der Waals surface area contributed by atoms with Gasteiger partial charge in [0, 0.05) is 36.5 Å². The average Bonchev–Trinajstić information content (AvgIpc) is 2.58. The van der Waals surface area contributed by atoms with E-state index in [1.807, 2.05) is 0 Å². The third kappa shape index (κ3) is 7.23. The van der Waals surface area contributed by atoms with E-state index >= 15 is 0 Å². The summed E-state index contributed by atoms with van der Waals surface area (Å²) in [4.78, 5) is 37.5. The van der Waals surface area contributed by atoms with Crippen LogP contribution in [0.15, 0.2) is 24.3 Å². The first-order valence-corrected chi connectivity index (χ1v) is 8.44. The van der Waals surface area contributed by atoms with Gasteiger partial charge in [0.25, 0.3) is 0 Å². The number of nitrogens with zero attached hydrogens (tertiary/aromatic N) is 1. The molecule has 0 fully saturated rings. The molecule has 1 aromatic rings. The van der Waals surface area contributed by atoms with Crippen LogP contribution in [-0.4, -0.2) is 54.0 Å². The van der Waals surface area contributed by atoms with E-state index in [0.29, 0.717) is 10.6 Å². The molecule has 1 aromatic carbocycles. The van der Waals surface area contributed by atoms with E-state index in [-0.39, 0.29) is 37.6 Å². The molecule has 1 amide bonds. The fraction of sp³-hybridized carbons (Fsp3) is 0.500. The van der Waals surface area contributed by atoms with Gasteiger partial charge in [0.1, 0.15) is 0 Å². The van der Waals surface area contributed by atoms with Gasteiger partial charge >= 0.3 is 5.97 Å². The molecule has 138 valence electrons. The van der Waals surface area contributed by atoms with Crippen LogP contribution in [0.25, 0.3) is 0 Å². The highest BCUT2D eigenvalue weighted by Gasteiger charge is 2.23. The van der Waals surface area contributed by atoms with Gasteiger partial charge in [-0.05, 0) is 31.2 Å². The van der Waals surface area contributed by atoms with Crippen molar-refractivity contribution in [2.75, 3.05) is 20.2 Å². The van der Waals surface area contributed by atoms with Crippen molar-refractivity contribution in [3.63, 3.8) is 0 Å². The molecule has 0 aromatic heterocycles. The van der Waals surface area contributed by atoms with E-state index in [9.17, 15) is 19.5 Å². The third-order valence-corrected chi connectivity index (χ3v) is 3.92. The van der Waals surface area contributed by atoms with Crippen molar-refractivity contribution in [2.24, 2.45) is 5.92 Å². The normalized spacial score (nSPS) is 13.0. The number of carbonyl (C=O) groups is 3. The Labute approximate surface area is 152 Å². The van der Waals surface area contributed by atoms with Crippen molar-refractivity contribution in [2.45, 2.75) is 32.8 Å². The Morgan fingerprint density at radius 2 is 1.72 bits per heavy atom. The van der Waals surface area contributed by atoms with Crippen LogP contribution in [0.5, 0.6) is 0 Å². The molecule has 25 heavy (non-hydrogen) atoms. The second-order valence-electron chi connectivity index (χ2n) is 6.00. The summed E-state index contributed by atoms with van der Waals surface area (Å²) in [6.07, 6.45) is -0.688. The SMILES string of the molecule is COC(=O)C(C)CN(CC(C)O)C(=O)CCC(=O)c1ccc(Cl)cc1. The van der Waals surface area contributed by atoms with E-state index < -0.39 is 18.0 Å². The summed E-state index contributed by atoms with van der Waals surface area (Å²) < 4.78 is 4.66. The molecule has 0 aliphatic rings. The molecule has 0 saturated heterocycles. The molecule has 2 atom stereocenters. The summed E-state index contributed by atoms with van der Waals surface area (Å²) in [6.45, 7) is 3.43. The lowest BCUT2D eigenvalue weighted by Gasteiger charge is -2.26. The number of hydrogen-bond donors (Lipinski definition) is 1. The molecular formula is C18H24ClNO5. The average molecular weight is 370 g/mol. The number of ether oxygens (including phenoxy) is 1. The summed E-state index contributed by atoms with van der Waals surface area (Å²) in [5.41, 5.74) is 0.488. The van der Waals surface area contributed by atoms with E-state index in [0.717, 1.165) is 0 Å². The van der Waals surface area contributed by atoms with E-state index in [1.165, 1.54) is 12.0 Å². The molecule has 0 aliphatic carbocycles. The van der Waals surface area contributed by atoms with Crippen molar-refractivity contribution in [3.8, 4) is 0 Å². The number of carbonyl (C=O) groups excluding carboxylic acids is 3. The van der Waals surface area contributed by atoms with Gasteiger partial charge in [0.2, 0.25) is 5.91 Å². The van der Waals surface area contributed by atoms with E-state index in [1.54, 1.807) is 38.1 Å². The number of hydrogen-bond acceptors (Lipinski definition) is 5. The molecule has 0 heterocycles. The maximum atomic E-state index is 12.4. The van der Waals surface area contributed by atoms with Gasteiger partial charge in [-0.3, -0.25) is 14.4 Å². The minimum absolute atomic E-state index is 0.00206. The molecule has 1 N–H and O–H groups in total. The quantitative estimate of drug-likeness (QED) is 0.533. The molecule has 2 unspecified atom stereocenters. The number of amides is 1. The summed E-state index contributed by atoms with van der Waals surface area (Å²) in [6, 6.07) is 6.47. The standard InChI is InChI=1S/C18H24ClNO5/c1-12(18(24)25-3)10-20(11-13(2)21)17(23)9-8-16(22)14-4-6-15(19)7-5-14/h4-7,12-13,21H,8-11H2,1-3H3. The van der Waals surface area contributed by atoms with Crippen molar-refractivity contribution in [1.82, 2.24) is 4.90 Å². The largest absolute Gasteiger partial charge is 0.469 e. The zero-order valence-electron chi connectivity index (χ0n) is 14.7. The zero-order chi connectivity index (χ0) is 19.0. The number of rotatable bonds is 9. The first kappa shape index (κ1) is 21.1. The van der Waals surface area contributed by atoms with E-state index in [4.69, 9.17) is 11.6 Å². The predicted octanol–water partition coefficient (Wildman–Crippen LogP) is 2.32. The highest BCUT2D eigenvalue weighted by molar-refractivity contribution is 6.30. The first-order valence-electron chi connectivity index (χ1n) is 8.07. The first-order chi connectivity index (χ1) is 11.7. The summed E-state index contributed by atoms with van der Waals surface area (Å²) in [5, 5.41) is 10.1. The topological polar surface area (TPSA) is 83.9 Å². The lowest BCUT2D eigenvalue weighted by atomic mass is 10.1. The number of aliphatic hydroxyl groups is 1. The van der Waals surface area contributed by atoms with Crippen LogP contribution < -0.4 is 0 Å². The Morgan fingerprint density at radius 3 is 2.24 bits per heavy atom. The maximum Gasteiger partial charge on any atom is 0.310 e. The smallest absolute Gasteiger partial charge is 0.310 e. The number of halogens is 1. The highest BCUT2D eigenvalue weighted by atomic mass is 35.5. The van der Waals surface area contributed by atoms with Gasteiger partial charge in [-0.1, -0.05) is 18.5 Å². The minimum Gasteiger partial charge on any atom is -0.469 e. The Bertz CT molecular complexity index is 600. The fourth-order valence-electron chi connectivity index (χ4n) is 2.36. The second kappa shape index (κ2) is 10.2. The highest BCUT2D eigenvalue weighted by Crippen LogP contribution is 2.13. The molecule has 0 saturated carbocycles. The van der Waals surface area contributed by atoms with Crippen molar-refractivity contribution >= 4 is 29.3 Å². The van der Waals surface area contributed by atoms with Gasteiger partial charge in [0.15, 0.2) is 5.78 Å². The second-order valence-corrected chi connectivity index (χ2v) is 6.44. The number of esters is 1. The van der Waals surface area contributed by atoms with Gasteiger partial charge < -0.3 is 14.7 Å². The lowest BCUT2D eigenvalue weighted by Crippen LogP contribution is -2.41. The lowest BCUT2D eigenvalue weighted by molar-refractivity contribution is -0.146. The molecule has 0 bridgehead atoms. The van der Waals surface area contributed by atoms with Crippen LogP contribution >= 0.6 is 11.6 Å². The minimum atomic E-state index is -0.735. The Kier molecular flexibility index (Phi) is 8.58. The molecule has 0 aliphatic heterocycles. The molecule has 0 radical (unpaired) electrons. The van der Waals surface area contributed by atoms with Crippen molar-refractivity contribution in [1.29, 1.82) is 0 Å². The fourth-order valence-corrected chi connectivity index (χ4v) is 2.49. The Morgan fingerprint density at radius 1 is 1.12 bits per heavy atom. The van der Waals surface area contributed by atoms with Gasteiger partial charge in [-0.15, -0.1) is 0 Å². The molecule has 6 nitrogen and oxygen atoms in total. The third-order valence-electron chi connectivity index (χ3n) is 3.67. The van der Waals surface area contributed by atoms with Crippen LogP contribution in [0, 0.1) is 5.92 Å². The predicted molar refractivity (Wildman–Crippen MR) is 94.5 cm³/mol. The summed E-state index contributed by atoms with van der Waals surface area (Å²) in [5.74, 6) is -1.40. The van der Waals surface area contributed by atoms with Crippen LogP contribution in [-0.2, 0) is 14.3 Å². The zero-order valence-corrected chi connectivity index (χ0v) is 15.5. The molecular weight excluding hydrogens is 346 g/mol. The van der Waals surface area contributed by atoms with Crippen molar-refractivity contribution < 1.29 is 24.2 Å². The van der Waals surface area contributed by atoms with Crippen LogP contribution in [0.1, 0.15) is 37.0 Å². The van der Waals surface area contributed by atoms with Gasteiger partial charge in [0.05, 0.1) is 19.1 Å². The monoisotopic (exact) mass is 369 g/mol. The molecule has 0 spiro atoms. The van der Waals surface area contributed by atoms with Crippen LogP contribution in [0.4, 0.5) is 0 Å². The van der Waals surface area contributed by atoms with E-state index in [2.05, 4.69) is 4.74 Å².